The smallest absolute Gasteiger partial charge is 0.260 e. The monoisotopic (exact) mass is 571 g/mol. The quantitative estimate of drug-likeness (QED) is 0.235. The van der Waals surface area contributed by atoms with Gasteiger partial charge in [-0.25, -0.2) is 17.7 Å². The first-order chi connectivity index (χ1) is 16.8. The van der Waals surface area contributed by atoms with E-state index in [-0.39, 0.29) is 10.8 Å². The average Bonchev–Trinajstić information content (AvgIpc) is 3.29. The van der Waals surface area contributed by atoms with E-state index >= 15 is 0 Å². The van der Waals surface area contributed by atoms with Crippen molar-refractivity contribution >= 4 is 58.5 Å². The van der Waals surface area contributed by atoms with Gasteiger partial charge in [0.05, 0.1) is 21.7 Å². The van der Waals surface area contributed by atoms with Crippen LogP contribution in [-0.2, 0) is 16.6 Å². The third kappa shape index (κ3) is 5.81. The van der Waals surface area contributed by atoms with Gasteiger partial charge in [0.25, 0.3) is 5.91 Å². The molecular weight excluding hydrogens is 546 g/mol. The number of halogens is 1. The number of hydrogen-bond donors (Lipinski definition) is 0. The second-order valence-corrected chi connectivity index (χ2v) is 12.2. The predicted molar refractivity (Wildman–Crippen MR) is 145 cm³/mol. The number of unbranched alkanes of at least 4 members (excludes halogenated alkanes) is 1. The minimum absolute atomic E-state index is 0.173. The maximum atomic E-state index is 13.7. The Labute approximate surface area is 218 Å². The largest absolute Gasteiger partial charge is 0.279 e. The van der Waals surface area contributed by atoms with Crippen molar-refractivity contribution in [2.75, 3.05) is 18.5 Å². The lowest BCUT2D eigenvalue weighted by molar-refractivity contribution is 0.0985. The number of anilines is 1. The van der Waals surface area contributed by atoms with Gasteiger partial charge in [-0.05, 0) is 54.4 Å². The molecule has 6 nitrogen and oxygen atoms in total. The van der Waals surface area contributed by atoms with Crippen LogP contribution in [0, 0.1) is 0 Å². The third-order valence-electron chi connectivity index (χ3n) is 5.63. The molecule has 0 aliphatic heterocycles. The molecule has 0 N–H and O–H groups in total. The number of aromatic nitrogens is 1. The van der Waals surface area contributed by atoms with Crippen molar-refractivity contribution in [3.63, 3.8) is 0 Å². The molecule has 1 heterocycles. The molecule has 0 saturated carbocycles. The van der Waals surface area contributed by atoms with Crippen LogP contribution in [0.3, 0.4) is 0 Å². The molecule has 9 heteroatoms. The number of fused-ring (bicyclic) bond motifs is 1. The highest BCUT2D eigenvalue weighted by Crippen LogP contribution is 2.32. The van der Waals surface area contributed by atoms with Gasteiger partial charge in [-0.3, -0.25) is 9.69 Å². The third-order valence-corrected chi connectivity index (χ3v) is 9.04. The fourth-order valence-corrected chi connectivity index (χ4v) is 6.32. The summed E-state index contributed by atoms with van der Waals surface area (Å²) in [7, 11) is -2.02. The van der Waals surface area contributed by atoms with Crippen molar-refractivity contribution in [2.45, 2.75) is 31.2 Å². The van der Waals surface area contributed by atoms with Gasteiger partial charge in [-0.1, -0.05) is 70.9 Å². The maximum absolute atomic E-state index is 13.7. The summed E-state index contributed by atoms with van der Waals surface area (Å²) in [6.07, 6.45) is 1.70. The van der Waals surface area contributed by atoms with Crippen molar-refractivity contribution in [2.24, 2.45) is 0 Å². The minimum atomic E-state index is -3.60. The molecule has 1 aromatic heterocycles. The zero-order valence-corrected chi connectivity index (χ0v) is 22.7. The number of amides is 1. The lowest BCUT2D eigenvalue weighted by Crippen LogP contribution is -2.30. The fourth-order valence-electron chi connectivity index (χ4n) is 3.60. The normalized spacial score (nSPS) is 11.8. The highest BCUT2D eigenvalue weighted by molar-refractivity contribution is 9.10. The molecule has 4 rings (SSSR count). The summed E-state index contributed by atoms with van der Waals surface area (Å²) in [4.78, 5) is 20.2. The Morgan fingerprint density at radius 1 is 1.03 bits per heavy atom. The summed E-state index contributed by atoms with van der Waals surface area (Å²) in [6.45, 7) is 2.82. The molecule has 0 bridgehead atoms. The molecular formula is C26H26BrN3O3S2. The Morgan fingerprint density at radius 3 is 2.43 bits per heavy atom. The lowest BCUT2D eigenvalue weighted by atomic mass is 10.1. The molecule has 0 unspecified atom stereocenters. The van der Waals surface area contributed by atoms with E-state index in [0.29, 0.717) is 23.8 Å². The van der Waals surface area contributed by atoms with Crippen LogP contribution in [0.5, 0.6) is 0 Å². The minimum Gasteiger partial charge on any atom is -0.279 e. The Hall–Kier alpha value is -2.59. The van der Waals surface area contributed by atoms with Gasteiger partial charge in [0.15, 0.2) is 5.13 Å². The molecule has 0 saturated heterocycles. The molecule has 35 heavy (non-hydrogen) atoms. The zero-order valence-electron chi connectivity index (χ0n) is 19.5. The van der Waals surface area contributed by atoms with Gasteiger partial charge < -0.3 is 0 Å². The van der Waals surface area contributed by atoms with Crippen molar-refractivity contribution in [1.29, 1.82) is 0 Å². The first kappa shape index (κ1) is 25.5. The van der Waals surface area contributed by atoms with Gasteiger partial charge in [0.2, 0.25) is 10.0 Å². The second-order valence-electron chi connectivity index (χ2n) is 8.19. The summed E-state index contributed by atoms with van der Waals surface area (Å²) < 4.78 is 29.0. The highest BCUT2D eigenvalue weighted by Gasteiger charge is 2.24. The van der Waals surface area contributed by atoms with E-state index in [1.807, 2.05) is 55.5 Å². The van der Waals surface area contributed by atoms with Gasteiger partial charge in [-0.2, -0.15) is 0 Å². The van der Waals surface area contributed by atoms with Crippen molar-refractivity contribution in [1.82, 2.24) is 9.29 Å². The summed E-state index contributed by atoms with van der Waals surface area (Å²) in [5.41, 5.74) is 2.19. The Morgan fingerprint density at radius 2 is 1.74 bits per heavy atom. The molecule has 4 aromatic rings. The van der Waals surface area contributed by atoms with Crippen LogP contribution in [0.4, 0.5) is 5.13 Å². The van der Waals surface area contributed by atoms with Gasteiger partial charge in [-0.15, -0.1) is 0 Å². The maximum Gasteiger partial charge on any atom is 0.260 e. The van der Waals surface area contributed by atoms with Gasteiger partial charge in [0.1, 0.15) is 0 Å². The van der Waals surface area contributed by atoms with Crippen LogP contribution in [-0.4, -0.2) is 37.2 Å². The molecule has 0 spiro atoms. The van der Waals surface area contributed by atoms with Crippen LogP contribution in [0.25, 0.3) is 10.2 Å². The molecule has 1 amide bonds. The number of rotatable bonds is 9. The summed E-state index contributed by atoms with van der Waals surface area (Å²) >= 11 is 4.93. The van der Waals surface area contributed by atoms with Crippen molar-refractivity contribution in [3.8, 4) is 0 Å². The molecule has 0 aliphatic rings. The summed E-state index contributed by atoms with van der Waals surface area (Å²) in [6, 6.07) is 21.7. The fraction of sp³-hybridized carbons (Fsp3) is 0.231. The standard InChI is InChI=1S/C26H26BrN3O3S2/c1-3-4-16-29(2)35(32,33)22-13-10-20(11-14-22)25(31)30(18-19-8-6-5-7-9-19)26-28-23-15-12-21(27)17-24(23)34-26/h5-15,17H,3-4,16,18H2,1-2H3. The van der Waals surface area contributed by atoms with E-state index in [4.69, 9.17) is 4.98 Å². The average molecular weight is 573 g/mol. The first-order valence-corrected chi connectivity index (χ1v) is 14.3. The van der Waals surface area contributed by atoms with Crippen LogP contribution < -0.4 is 4.90 Å². The number of benzene rings is 3. The first-order valence-electron chi connectivity index (χ1n) is 11.3. The van der Waals surface area contributed by atoms with Crippen molar-refractivity contribution < 1.29 is 13.2 Å². The van der Waals surface area contributed by atoms with E-state index in [0.717, 1.165) is 33.1 Å². The van der Waals surface area contributed by atoms with Crippen LogP contribution in [0.1, 0.15) is 35.7 Å². The van der Waals surface area contributed by atoms with E-state index < -0.39 is 10.0 Å². The Kier molecular flexibility index (Phi) is 8.01. The number of carbonyl (C=O) groups excluding carboxylic acids is 1. The Balaban J connectivity index is 1.66. The lowest BCUT2D eigenvalue weighted by Gasteiger charge is -2.21. The Bertz CT molecular complexity index is 1420. The zero-order chi connectivity index (χ0) is 25.0. The van der Waals surface area contributed by atoms with Gasteiger partial charge in [0, 0.05) is 23.6 Å². The number of sulfonamides is 1. The summed E-state index contributed by atoms with van der Waals surface area (Å²) in [5, 5.41) is 0.586. The number of hydrogen-bond acceptors (Lipinski definition) is 5. The van der Waals surface area contributed by atoms with E-state index in [1.165, 1.54) is 27.8 Å². The molecule has 0 fully saturated rings. The number of thiazole rings is 1. The molecule has 182 valence electrons. The van der Waals surface area contributed by atoms with E-state index in [2.05, 4.69) is 15.9 Å². The summed E-state index contributed by atoms with van der Waals surface area (Å²) in [5.74, 6) is -0.240. The molecule has 0 radical (unpaired) electrons. The van der Waals surface area contributed by atoms with Crippen LogP contribution in [0.15, 0.2) is 82.2 Å². The predicted octanol–water partition coefficient (Wildman–Crippen LogP) is 6.33. The number of nitrogens with zero attached hydrogens (tertiary/aromatic N) is 3. The SMILES string of the molecule is CCCCN(C)S(=O)(=O)c1ccc(C(=O)N(Cc2ccccc2)c2nc3ccc(Br)cc3s2)cc1. The molecule has 3 aromatic carbocycles. The van der Waals surface area contributed by atoms with Crippen LogP contribution in [0.2, 0.25) is 0 Å². The topological polar surface area (TPSA) is 70.6 Å². The van der Waals surface area contributed by atoms with Crippen molar-refractivity contribution in [3.05, 3.63) is 88.4 Å². The van der Waals surface area contributed by atoms with E-state index in [1.54, 1.807) is 24.1 Å². The number of carbonyl (C=O) groups is 1. The second kappa shape index (κ2) is 11.0. The van der Waals surface area contributed by atoms with Crippen LogP contribution >= 0.6 is 27.3 Å². The molecule has 0 atom stereocenters. The highest BCUT2D eigenvalue weighted by atomic mass is 79.9. The molecule has 0 aliphatic carbocycles. The van der Waals surface area contributed by atoms with E-state index in [9.17, 15) is 13.2 Å². The van der Waals surface area contributed by atoms with Gasteiger partial charge >= 0.3 is 0 Å².